The van der Waals surface area contributed by atoms with Gasteiger partial charge in [0.05, 0.1) is 0 Å². The summed E-state index contributed by atoms with van der Waals surface area (Å²) in [6.45, 7) is 6.88. The third kappa shape index (κ3) is 2.47. The van der Waals surface area contributed by atoms with E-state index in [4.69, 9.17) is 5.73 Å². The van der Waals surface area contributed by atoms with Crippen molar-refractivity contribution in [2.24, 2.45) is 0 Å². The summed E-state index contributed by atoms with van der Waals surface area (Å²) in [6, 6.07) is 7.99. The molecule has 1 aromatic heterocycles. The van der Waals surface area contributed by atoms with E-state index < -0.39 is 0 Å². The van der Waals surface area contributed by atoms with Crippen molar-refractivity contribution in [3.63, 3.8) is 0 Å². The summed E-state index contributed by atoms with van der Waals surface area (Å²) in [5, 5.41) is 0. The van der Waals surface area contributed by atoms with Gasteiger partial charge in [0.1, 0.15) is 0 Å². The minimum atomic E-state index is 0.792. The van der Waals surface area contributed by atoms with Crippen LogP contribution in [-0.4, -0.2) is 16.1 Å². The zero-order valence-electron chi connectivity index (χ0n) is 11.0. The van der Waals surface area contributed by atoms with Gasteiger partial charge in [-0.1, -0.05) is 18.2 Å². The fourth-order valence-electron chi connectivity index (χ4n) is 2.04. The normalized spacial score (nSPS) is 10.6. The van der Waals surface area contributed by atoms with E-state index in [9.17, 15) is 0 Å². The molecule has 4 heteroatoms. The molecular formula is C14H20N4. The van der Waals surface area contributed by atoms with Gasteiger partial charge in [-0.2, -0.15) is 0 Å². The molecule has 0 radical (unpaired) electrons. The molecule has 96 valence electrons. The van der Waals surface area contributed by atoms with Crippen molar-refractivity contribution in [3.8, 4) is 0 Å². The van der Waals surface area contributed by atoms with Crippen molar-refractivity contribution < 1.29 is 0 Å². The first-order chi connectivity index (χ1) is 8.76. The Morgan fingerprint density at radius 2 is 2.06 bits per heavy atom. The maximum Gasteiger partial charge on any atom is 0.205 e. The third-order valence-electron chi connectivity index (χ3n) is 3.12. The van der Waals surface area contributed by atoms with Crippen molar-refractivity contribution in [3.05, 3.63) is 42.2 Å². The summed E-state index contributed by atoms with van der Waals surface area (Å²) in [7, 11) is 0. The number of rotatable bonds is 5. The molecule has 1 aromatic carbocycles. The van der Waals surface area contributed by atoms with Crippen LogP contribution in [0.1, 0.15) is 19.4 Å². The molecule has 1 heterocycles. The van der Waals surface area contributed by atoms with Crippen molar-refractivity contribution in [1.29, 1.82) is 0 Å². The summed E-state index contributed by atoms with van der Waals surface area (Å²) in [6.07, 6.45) is 3.85. The van der Waals surface area contributed by atoms with E-state index in [1.807, 2.05) is 30.6 Å². The summed E-state index contributed by atoms with van der Waals surface area (Å²) in [5.74, 6) is 1.00. The second kappa shape index (κ2) is 5.58. The van der Waals surface area contributed by atoms with Gasteiger partial charge in [-0.05, 0) is 25.5 Å². The first-order valence-corrected chi connectivity index (χ1v) is 6.35. The Kier molecular flexibility index (Phi) is 3.87. The second-order valence-corrected chi connectivity index (χ2v) is 4.23. The molecule has 2 N–H and O–H groups in total. The lowest BCUT2D eigenvalue weighted by molar-refractivity contribution is 0.701. The second-order valence-electron chi connectivity index (χ2n) is 4.23. The van der Waals surface area contributed by atoms with E-state index in [2.05, 4.69) is 34.4 Å². The van der Waals surface area contributed by atoms with Crippen LogP contribution in [-0.2, 0) is 13.1 Å². The number of imidazole rings is 1. The quantitative estimate of drug-likeness (QED) is 0.822. The minimum Gasteiger partial charge on any atom is -0.398 e. The number of nitrogens with zero attached hydrogens (tertiary/aromatic N) is 3. The topological polar surface area (TPSA) is 47.1 Å². The van der Waals surface area contributed by atoms with Crippen LogP contribution < -0.4 is 10.6 Å². The number of hydrogen-bond donors (Lipinski definition) is 1. The highest BCUT2D eigenvalue weighted by Gasteiger charge is 2.11. The van der Waals surface area contributed by atoms with Crippen molar-refractivity contribution >= 4 is 11.6 Å². The van der Waals surface area contributed by atoms with Crippen LogP contribution in [0.15, 0.2) is 36.7 Å². The van der Waals surface area contributed by atoms with E-state index in [1.165, 1.54) is 0 Å². The highest BCUT2D eigenvalue weighted by Crippen LogP contribution is 2.18. The van der Waals surface area contributed by atoms with Gasteiger partial charge in [-0.15, -0.1) is 0 Å². The summed E-state index contributed by atoms with van der Waals surface area (Å²) in [5.41, 5.74) is 7.98. The van der Waals surface area contributed by atoms with Gasteiger partial charge in [0.2, 0.25) is 5.95 Å². The predicted molar refractivity (Wildman–Crippen MR) is 75.5 cm³/mol. The van der Waals surface area contributed by atoms with E-state index >= 15 is 0 Å². The number of nitrogens with two attached hydrogens (primary N) is 1. The van der Waals surface area contributed by atoms with Crippen LogP contribution in [0.4, 0.5) is 11.6 Å². The average Bonchev–Trinajstić information content (AvgIpc) is 2.86. The highest BCUT2D eigenvalue weighted by molar-refractivity contribution is 5.48. The number of para-hydroxylation sites is 1. The van der Waals surface area contributed by atoms with Gasteiger partial charge < -0.3 is 15.2 Å². The van der Waals surface area contributed by atoms with Crippen molar-refractivity contribution in [2.45, 2.75) is 26.9 Å². The van der Waals surface area contributed by atoms with Gasteiger partial charge in [0, 0.05) is 37.7 Å². The van der Waals surface area contributed by atoms with Gasteiger partial charge in [-0.25, -0.2) is 4.98 Å². The van der Waals surface area contributed by atoms with Gasteiger partial charge in [-0.3, -0.25) is 0 Å². The third-order valence-corrected chi connectivity index (χ3v) is 3.12. The molecule has 2 aromatic rings. The number of aromatic nitrogens is 2. The molecule has 0 aliphatic carbocycles. The predicted octanol–water partition coefficient (Wildman–Crippen LogP) is 2.51. The van der Waals surface area contributed by atoms with Crippen LogP contribution in [0.3, 0.4) is 0 Å². The maximum absolute atomic E-state index is 5.99. The van der Waals surface area contributed by atoms with E-state index in [1.54, 1.807) is 0 Å². The monoisotopic (exact) mass is 244 g/mol. The number of benzene rings is 1. The van der Waals surface area contributed by atoms with E-state index in [-0.39, 0.29) is 0 Å². The Labute approximate surface area is 108 Å². The van der Waals surface area contributed by atoms with Gasteiger partial charge in [0.15, 0.2) is 0 Å². The molecule has 2 rings (SSSR count). The molecule has 0 fully saturated rings. The molecule has 0 saturated heterocycles. The molecule has 0 aliphatic heterocycles. The molecule has 0 amide bonds. The van der Waals surface area contributed by atoms with Crippen LogP contribution in [0, 0.1) is 0 Å². The summed E-state index contributed by atoms with van der Waals surface area (Å²) < 4.78 is 2.14. The Balaban J connectivity index is 2.23. The largest absolute Gasteiger partial charge is 0.398 e. The molecule has 0 atom stereocenters. The van der Waals surface area contributed by atoms with Crippen LogP contribution >= 0.6 is 0 Å². The van der Waals surface area contributed by atoms with Crippen LogP contribution in [0.2, 0.25) is 0 Å². The minimum absolute atomic E-state index is 0.792. The van der Waals surface area contributed by atoms with E-state index in [0.717, 1.165) is 36.8 Å². The smallest absolute Gasteiger partial charge is 0.205 e. The SMILES string of the molecule is CCN(Cc1ccccc1N)c1nccn1CC. The molecule has 0 aliphatic rings. The molecule has 4 nitrogen and oxygen atoms in total. The molecular weight excluding hydrogens is 224 g/mol. The fraction of sp³-hybridized carbons (Fsp3) is 0.357. The fourth-order valence-corrected chi connectivity index (χ4v) is 2.04. The van der Waals surface area contributed by atoms with Crippen LogP contribution in [0.5, 0.6) is 0 Å². The summed E-state index contributed by atoms with van der Waals surface area (Å²) >= 11 is 0. The standard InChI is InChI=1S/C14H20N4/c1-3-17-10-9-16-14(17)18(4-2)11-12-7-5-6-8-13(12)15/h5-10H,3-4,11,15H2,1-2H3. The first-order valence-electron chi connectivity index (χ1n) is 6.35. The van der Waals surface area contributed by atoms with Crippen molar-refractivity contribution in [2.75, 3.05) is 17.2 Å². The first kappa shape index (κ1) is 12.5. The molecule has 0 saturated carbocycles. The molecule has 0 spiro atoms. The Morgan fingerprint density at radius 1 is 1.28 bits per heavy atom. The zero-order chi connectivity index (χ0) is 13.0. The Bertz CT molecular complexity index is 504. The van der Waals surface area contributed by atoms with Gasteiger partial charge >= 0.3 is 0 Å². The maximum atomic E-state index is 5.99. The van der Waals surface area contributed by atoms with E-state index in [0.29, 0.717) is 0 Å². The number of anilines is 2. The van der Waals surface area contributed by atoms with Gasteiger partial charge in [0.25, 0.3) is 0 Å². The lowest BCUT2D eigenvalue weighted by Gasteiger charge is -2.23. The zero-order valence-corrected chi connectivity index (χ0v) is 11.0. The van der Waals surface area contributed by atoms with Crippen molar-refractivity contribution in [1.82, 2.24) is 9.55 Å². The molecule has 0 bridgehead atoms. The Hall–Kier alpha value is -1.97. The molecule has 18 heavy (non-hydrogen) atoms. The lowest BCUT2D eigenvalue weighted by atomic mass is 10.2. The summed E-state index contributed by atoms with van der Waals surface area (Å²) in [4.78, 5) is 6.66. The number of hydrogen-bond acceptors (Lipinski definition) is 3. The average molecular weight is 244 g/mol. The number of aryl methyl sites for hydroxylation is 1. The highest BCUT2D eigenvalue weighted by atomic mass is 15.3. The number of nitrogen functional groups attached to an aromatic ring is 1. The Morgan fingerprint density at radius 3 is 2.72 bits per heavy atom. The van der Waals surface area contributed by atoms with Crippen LogP contribution in [0.25, 0.3) is 0 Å². The lowest BCUT2D eigenvalue weighted by Crippen LogP contribution is -2.25. The molecule has 0 unspecified atom stereocenters.